The first-order valence-corrected chi connectivity index (χ1v) is 8.12. The van der Waals surface area contributed by atoms with Gasteiger partial charge in [-0.05, 0) is 30.9 Å². The number of aryl methyl sites for hydroxylation is 1. The van der Waals surface area contributed by atoms with Gasteiger partial charge in [0.25, 0.3) is 0 Å². The number of nitrogens with zero attached hydrogens (tertiary/aromatic N) is 3. The van der Waals surface area contributed by atoms with Crippen LogP contribution in [0.2, 0.25) is 0 Å². The quantitative estimate of drug-likeness (QED) is 0.890. The average Bonchev–Trinajstić information content (AvgIpc) is 2.79. The van der Waals surface area contributed by atoms with Crippen LogP contribution >= 0.6 is 0 Å². The summed E-state index contributed by atoms with van der Waals surface area (Å²) in [7, 11) is 0. The van der Waals surface area contributed by atoms with Gasteiger partial charge in [-0.1, -0.05) is 30.7 Å². The van der Waals surface area contributed by atoms with Gasteiger partial charge in [0.2, 0.25) is 0 Å². The van der Waals surface area contributed by atoms with Crippen molar-refractivity contribution in [1.29, 1.82) is 0 Å². The van der Waals surface area contributed by atoms with Crippen LogP contribution in [-0.4, -0.2) is 19.9 Å². The Labute approximate surface area is 131 Å². The Bertz CT molecular complexity index is 623. The Hall–Kier alpha value is -1.72. The maximum absolute atomic E-state index is 9.24. The maximum Gasteiger partial charge on any atom is 0.147 e. The highest BCUT2D eigenvalue weighted by molar-refractivity contribution is 5.25. The van der Waals surface area contributed by atoms with E-state index in [1.807, 2.05) is 18.2 Å². The lowest BCUT2D eigenvalue weighted by Gasteiger charge is -2.15. The summed E-state index contributed by atoms with van der Waals surface area (Å²) in [5.74, 6) is 2.16. The predicted molar refractivity (Wildman–Crippen MR) is 85.2 cm³/mol. The van der Waals surface area contributed by atoms with Gasteiger partial charge in [-0.3, -0.25) is 0 Å². The highest BCUT2D eigenvalue weighted by Gasteiger charge is 2.15. The van der Waals surface area contributed by atoms with Gasteiger partial charge in [0.05, 0.1) is 13.2 Å². The van der Waals surface area contributed by atoms with Crippen molar-refractivity contribution in [3.05, 3.63) is 47.0 Å². The number of benzene rings is 1. The van der Waals surface area contributed by atoms with Gasteiger partial charge in [0, 0.05) is 19.0 Å². The SMILES string of the molecule is CC(NCc1nnc2n1CCCCC2)c1cccc(CO)c1. The Morgan fingerprint density at radius 2 is 2.18 bits per heavy atom. The van der Waals surface area contributed by atoms with E-state index >= 15 is 0 Å². The van der Waals surface area contributed by atoms with Crippen LogP contribution in [0.5, 0.6) is 0 Å². The zero-order chi connectivity index (χ0) is 15.4. The fourth-order valence-corrected chi connectivity index (χ4v) is 3.00. The lowest BCUT2D eigenvalue weighted by atomic mass is 10.1. The van der Waals surface area contributed by atoms with Gasteiger partial charge in [0.1, 0.15) is 11.6 Å². The molecule has 1 aliphatic heterocycles. The summed E-state index contributed by atoms with van der Waals surface area (Å²) >= 11 is 0. The van der Waals surface area contributed by atoms with Crippen molar-refractivity contribution < 1.29 is 5.11 Å². The number of fused-ring (bicyclic) bond motifs is 1. The zero-order valence-corrected chi connectivity index (χ0v) is 13.1. The molecule has 0 amide bonds. The molecule has 118 valence electrons. The van der Waals surface area contributed by atoms with Crippen LogP contribution < -0.4 is 5.32 Å². The topological polar surface area (TPSA) is 63.0 Å². The van der Waals surface area contributed by atoms with Crippen LogP contribution in [0, 0.1) is 0 Å². The fourth-order valence-electron chi connectivity index (χ4n) is 3.00. The Morgan fingerprint density at radius 3 is 3.05 bits per heavy atom. The van der Waals surface area contributed by atoms with Crippen molar-refractivity contribution >= 4 is 0 Å². The van der Waals surface area contributed by atoms with Crippen LogP contribution in [0.3, 0.4) is 0 Å². The number of hydrogen-bond donors (Lipinski definition) is 2. The molecule has 2 aromatic rings. The number of aromatic nitrogens is 3. The smallest absolute Gasteiger partial charge is 0.147 e. The summed E-state index contributed by atoms with van der Waals surface area (Å²) in [5.41, 5.74) is 2.13. The molecule has 0 aliphatic carbocycles. The van der Waals surface area contributed by atoms with Crippen LogP contribution in [0.1, 0.15) is 55.0 Å². The Balaban J connectivity index is 1.66. The first-order valence-electron chi connectivity index (χ1n) is 8.12. The summed E-state index contributed by atoms with van der Waals surface area (Å²) in [5, 5.41) is 21.4. The molecule has 1 aromatic heterocycles. The summed E-state index contributed by atoms with van der Waals surface area (Å²) in [4.78, 5) is 0. The molecular formula is C17H24N4O. The molecule has 0 spiro atoms. The number of rotatable bonds is 5. The highest BCUT2D eigenvalue weighted by atomic mass is 16.3. The molecule has 22 heavy (non-hydrogen) atoms. The van der Waals surface area contributed by atoms with E-state index in [1.54, 1.807) is 0 Å². The molecule has 0 fully saturated rings. The van der Waals surface area contributed by atoms with Gasteiger partial charge in [-0.15, -0.1) is 10.2 Å². The summed E-state index contributed by atoms with van der Waals surface area (Å²) < 4.78 is 2.27. The standard InChI is InChI=1S/C17H24N4O/c1-13(15-7-5-6-14(10-15)12-22)18-11-17-20-19-16-8-3-2-4-9-21(16)17/h5-7,10,13,18,22H,2-4,8-9,11-12H2,1H3. The molecule has 2 N–H and O–H groups in total. The van der Waals surface area contributed by atoms with E-state index in [0.29, 0.717) is 0 Å². The molecule has 5 nitrogen and oxygen atoms in total. The maximum atomic E-state index is 9.24. The van der Waals surface area contributed by atoms with Gasteiger partial charge in [0.15, 0.2) is 0 Å². The first kappa shape index (κ1) is 15.2. The van der Waals surface area contributed by atoms with Crippen LogP contribution in [0.4, 0.5) is 0 Å². The monoisotopic (exact) mass is 300 g/mol. The molecular weight excluding hydrogens is 276 g/mol. The van der Waals surface area contributed by atoms with Crippen LogP contribution in [0.15, 0.2) is 24.3 Å². The molecule has 1 unspecified atom stereocenters. The van der Waals surface area contributed by atoms with Crippen LogP contribution in [-0.2, 0) is 26.1 Å². The number of aliphatic hydroxyl groups excluding tert-OH is 1. The summed E-state index contributed by atoms with van der Waals surface area (Å²) in [6, 6.07) is 8.27. The van der Waals surface area contributed by atoms with E-state index < -0.39 is 0 Å². The van der Waals surface area contributed by atoms with Crippen molar-refractivity contribution in [1.82, 2.24) is 20.1 Å². The van der Waals surface area contributed by atoms with E-state index in [4.69, 9.17) is 0 Å². The molecule has 0 radical (unpaired) electrons. The molecule has 2 heterocycles. The minimum atomic E-state index is 0.0816. The van der Waals surface area contributed by atoms with Gasteiger partial charge < -0.3 is 15.0 Å². The van der Waals surface area contributed by atoms with E-state index in [9.17, 15) is 5.11 Å². The molecule has 0 saturated carbocycles. The highest BCUT2D eigenvalue weighted by Crippen LogP contribution is 2.17. The first-order chi connectivity index (χ1) is 10.8. The summed E-state index contributed by atoms with van der Waals surface area (Å²) in [6.45, 7) is 3.97. The average molecular weight is 300 g/mol. The number of aliphatic hydroxyl groups is 1. The third-order valence-corrected chi connectivity index (χ3v) is 4.39. The van der Waals surface area contributed by atoms with Gasteiger partial charge in [-0.2, -0.15) is 0 Å². The van der Waals surface area contributed by atoms with Crippen molar-refractivity contribution in [2.75, 3.05) is 0 Å². The number of nitrogens with one attached hydrogen (secondary N) is 1. The van der Waals surface area contributed by atoms with Crippen molar-refractivity contribution in [3.63, 3.8) is 0 Å². The second-order valence-electron chi connectivity index (χ2n) is 6.00. The molecule has 1 aliphatic rings. The second kappa shape index (κ2) is 7.03. The Morgan fingerprint density at radius 1 is 1.27 bits per heavy atom. The van der Waals surface area contributed by atoms with Crippen molar-refractivity contribution in [2.24, 2.45) is 0 Å². The van der Waals surface area contributed by atoms with Crippen LogP contribution in [0.25, 0.3) is 0 Å². The van der Waals surface area contributed by atoms with Gasteiger partial charge >= 0.3 is 0 Å². The van der Waals surface area contributed by atoms with E-state index in [0.717, 1.165) is 36.7 Å². The van der Waals surface area contributed by atoms with Crippen molar-refractivity contribution in [2.45, 2.75) is 58.3 Å². The lowest BCUT2D eigenvalue weighted by Crippen LogP contribution is -2.21. The molecule has 5 heteroatoms. The third kappa shape index (κ3) is 3.36. The minimum absolute atomic E-state index is 0.0816. The molecule has 3 rings (SSSR count). The van der Waals surface area contributed by atoms with E-state index in [-0.39, 0.29) is 12.6 Å². The Kier molecular flexibility index (Phi) is 4.85. The molecule has 1 atom stereocenters. The largest absolute Gasteiger partial charge is 0.392 e. The van der Waals surface area contributed by atoms with E-state index in [1.165, 1.54) is 24.8 Å². The lowest BCUT2D eigenvalue weighted by molar-refractivity contribution is 0.281. The predicted octanol–water partition coefficient (Wildman–Crippen LogP) is 2.35. The van der Waals surface area contributed by atoms with Crippen molar-refractivity contribution in [3.8, 4) is 0 Å². The third-order valence-electron chi connectivity index (χ3n) is 4.39. The minimum Gasteiger partial charge on any atom is -0.392 e. The van der Waals surface area contributed by atoms with Gasteiger partial charge in [-0.25, -0.2) is 0 Å². The summed E-state index contributed by atoms with van der Waals surface area (Å²) in [6.07, 6.45) is 4.75. The van der Waals surface area contributed by atoms with E-state index in [2.05, 4.69) is 33.1 Å². The fraction of sp³-hybridized carbons (Fsp3) is 0.529. The normalized spacial score (nSPS) is 16.1. The second-order valence-corrected chi connectivity index (χ2v) is 6.00. The number of hydrogen-bond acceptors (Lipinski definition) is 4. The zero-order valence-electron chi connectivity index (χ0n) is 13.1. The molecule has 1 aromatic carbocycles. The molecule has 0 saturated heterocycles. The molecule has 0 bridgehead atoms.